The first kappa shape index (κ1) is 18.7. The molecular weight excluding hydrogens is 351 g/mol. The first-order valence-electron chi connectivity index (χ1n) is 5.15. The van der Waals surface area contributed by atoms with E-state index in [1.165, 1.54) is 0 Å². The van der Waals surface area contributed by atoms with Gasteiger partial charge in [0.05, 0.1) is 14.7 Å². The fraction of sp³-hybridized carbons (Fsp3) is 0. The van der Waals surface area contributed by atoms with Crippen molar-refractivity contribution in [2.45, 2.75) is 9.79 Å². The maximum Gasteiger partial charge on any atom is 2.00 e. The summed E-state index contributed by atoms with van der Waals surface area (Å²) < 4.78 is 66.9. The molecule has 0 spiro atoms. The van der Waals surface area contributed by atoms with Crippen LogP contribution in [0.1, 0.15) is 0 Å². The topological polar surface area (TPSA) is 158 Å². The molecule has 0 N–H and O–H groups in total. The summed E-state index contributed by atoms with van der Waals surface area (Å²) in [4.78, 5) is 7.97. The standard InChI is InChI=1S/C10H7NO8S2.Mg/c12-11(13)6-4-8-7(10(5-6)21(17,18)19)2-1-3-9(8)20(14,15)16;/h1-5H,(H,14,15,16)(H,17,18,19);/q;+2/p-2. The molecule has 2 rings (SSSR count). The van der Waals surface area contributed by atoms with Crippen LogP contribution in [0.3, 0.4) is 0 Å². The minimum atomic E-state index is -5.10. The van der Waals surface area contributed by atoms with Gasteiger partial charge in [-0.05, 0) is 6.07 Å². The van der Waals surface area contributed by atoms with Gasteiger partial charge in [0.2, 0.25) is 0 Å². The molecule has 0 saturated carbocycles. The van der Waals surface area contributed by atoms with Crippen LogP contribution < -0.4 is 0 Å². The van der Waals surface area contributed by atoms with Crippen molar-refractivity contribution >= 4 is 59.7 Å². The predicted octanol–water partition coefficient (Wildman–Crippen LogP) is 0.175. The average molecular weight is 356 g/mol. The van der Waals surface area contributed by atoms with E-state index in [9.17, 15) is 36.1 Å². The van der Waals surface area contributed by atoms with Crippen LogP contribution in [-0.2, 0) is 20.2 Å². The van der Waals surface area contributed by atoms with E-state index < -0.39 is 46.0 Å². The third kappa shape index (κ3) is 3.53. The number of fused-ring (bicyclic) bond motifs is 1. The van der Waals surface area contributed by atoms with Gasteiger partial charge >= 0.3 is 23.1 Å². The average Bonchev–Trinajstić information content (AvgIpc) is 2.34. The van der Waals surface area contributed by atoms with Crippen molar-refractivity contribution in [3.05, 3.63) is 40.4 Å². The molecule has 0 saturated heterocycles. The molecule has 112 valence electrons. The SMILES string of the molecule is O=[N+]([O-])c1cc(S(=O)(=O)[O-])c2cccc(S(=O)(=O)[O-])c2c1.[Mg+2]. The van der Waals surface area contributed by atoms with E-state index in [-0.39, 0.29) is 28.4 Å². The molecule has 2 aromatic rings. The van der Waals surface area contributed by atoms with Crippen LogP contribution in [0.25, 0.3) is 10.8 Å². The summed E-state index contributed by atoms with van der Waals surface area (Å²) in [7, 11) is -10.1. The van der Waals surface area contributed by atoms with Crippen LogP contribution in [0.4, 0.5) is 5.69 Å². The van der Waals surface area contributed by atoms with E-state index in [1.54, 1.807) is 0 Å². The molecule has 0 bridgehead atoms. The summed E-state index contributed by atoms with van der Waals surface area (Å²) in [6.45, 7) is 0. The Labute approximate surface area is 140 Å². The maximum absolute atomic E-state index is 11.2. The third-order valence-corrected chi connectivity index (χ3v) is 4.42. The first-order valence-corrected chi connectivity index (χ1v) is 7.96. The Bertz CT molecular complexity index is 968. The number of benzene rings is 2. The normalized spacial score (nSPS) is 11.9. The van der Waals surface area contributed by atoms with Crippen molar-refractivity contribution in [3.8, 4) is 0 Å². The number of rotatable bonds is 3. The van der Waals surface area contributed by atoms with Gasteiger partial charge in [-0.15, -0.1) is 0 Å². The van der Waals surface area contributed by atoms with Crippen LogP contribution in [0.15, 0.2) is 40.1 Å². The van der Waals surface area contributed by atoms with Crippen molar-refractivity contribution in [3.63, 3.8) is 0 Å². The maximum atomic E-state index is 11.2. The van der Waals surface area contributed by atoms with E-state index in [4.69, 9.17) is 0 Å². The van der Waals surface area contributed by atoms with Gasteiger partial charge in [0.15, 0.2) is 0 Å². The number of nitrogens with zero attached hydrogens (tertiary/aromatic N) is 1. The van der Waals surface area contributed by atoms with Crippen molar-refractivity contribution in [2.24, 2.45) is 0 Å². The Hall–Kier alpha value is -1.31. The van der Waals surface area contributed by atoms with Crippen molar-refractivity contribution in [2.75, 3.05) is 0 Å². The van der Waals surface area contributed by atoms with E-state index in [0.29, 0.717) is 6.07 Å². The largest absolute Gasteiger partial charge is 2.00 e. The fourth-order valence-electron chi connectivity index (χ4n) is 1.84. The van der Waals surface area contributed by atoms with Crippen molar-refractivity contribution < 1.29 is 30.9 Å². The van der Waals surface area contributed by atoms with Gasteiger partial charge in [-0.2, -0.15) is 0 Å². The molecule has 0 unspecified atom stereocenters. The zero-order valence-corrected chi connectivity index (χ0v) is 13.7. The predicted molar refractivity (Wildman–Crippen MR) is 72.3 cm³/mol. The summed E-state index contributed by atoms with van der Waals surface area (Å²) in [6, 6.07) is 4.27. The van der Waals surface area contributed by atoms with Gasteiger partial charge in [0, 0.05) is 22.9 Å². The third-order valence-electron chi connectivity index (χ3n) is 2.65. The number of nitro groups is 1. The van der Waals surface area contributed by atoms with Crippen LogP contribution in [0.2, 0.25) is 0 Å². The van der Waals surface area contributed by atoms with Crippen molar-refractivity contribution in [1.82, 2.24) is 0 Å². The molecule has 0 aromatic heterocycles. The van der Waals surface area contributed by atoms with Crippen LogP contribution in [0.5, 0.6) is 0 Å². The number of hydrogen-bond acceptors (Lipinski definition) is 8. The van der Waals surface area contributed by atoms with Gasteiger partial charge in [0.25, 0.3) is 5.69 Å². The second-order valence-corrected chi connectivity index (χ2v) is 6.66. The van der Waals surface area contributed by atoms with Gasteiger partial charge in [-0.1, -0.05) is 12.1 Å². The van der Waals surface area contributed by atoms with Crippen LogP contribution in [-0.4, -0.2) is 53.9 Å². The molecule has 9 nitrogen and oxygen atoms in total. The molecule has 22 heavy (non-hydrogen) atoms. The fourth-order valence-corrected chi connectivity index (χ4v) is 3.24. The van der Waals surface area contributed by atoms with Gasteiger partial charge in [-0.3, -0.25) is 10.1 Å². The quantitative estimate of drug-likeness (QED) is 0.326. The monoisotopic (exact) mass is 355 g/mol. The molecule has 2 aromatic carbocycles. The molecule has 0 heterocycles. The molecule has 0 atom stereocenters. The Morgan fingerprint density at radius 3 is 1.86 bits per heavy atom. The minimum Gasteiger partial charge on any atom is -0.744 e. The van der Waals surface area contributed by atoms with E-state index in [1.807, 2.05) is 0 Å². The molecule has 12 heteroatoms. The molecule has 0 aliphatic heterocycles. The summed E-state index contributed by atoms with van der Waals surface area (Å²) in [6.07, 6.45) is 0. The molecule has 0 radical (unpaired) electrons. The molecule has 0 amide bonds. The Morgan fingerprint density at radius 2 is 1.41 bits per heavy atom. The van der Waals surface area contributed by atoms with Crippen molar-refractivity contribution in [1.29, 1.82) is 0 Å². The Morgan fingerprint density at radius 1 is 0.864 bits per heavy atom. The van der Waals surface area contributed by atoms with Crippen LogP contribution >= 0.6 is 0 Å². The van der Waals surface area contributed by atoms with E-state index in [0.717, 1.165) is 24.3 Å². The first-order chi connectivity index (χ1) is 9.51. The summed E-state index contributed by atoms with van der Waals surface area (Å²) >= 11 is 0. The van der Waals surface area contributed by atoms with E-state index >= 15 is 0 Å². The Balaban J connectivity index is 0.00000242. The Kier molecular flexibility index (Phi) is 5.16. The number of non-ortho nitro benzene ring substituents is 1. The summed E-state index contributed by atoms with van der Waals surface area (Å²) in [5.74, 6) is 0. The number of hydrogen-bond donors (Lipinski definition) is 0. The molecule has 0 aliphatic rings. The molecule has 0 aliphatic carbocycles. The zero-order chi connectivity index (χ0) is 16.0. The van der Waals surface area contributed by atoms with Crippen LogP contribution in [0, 0.1) is 10.1 Å². The number of nitro benzene ring substituents is 1. The van der Waals surface area contributed by atoms with Gasteiger partial charge in [0.1, 0.15) is 20.2 Å². The van der Waals surface area contributed by atoms with Gasteiger partial charge in [-0.25, -0.2) is 16.8 Å². The molecule has 0 fully saturated rings. The summed E-state index contributed by atoms with van der Waals surface area (Å²) in [5.41, 5.74) is -0.812. The second-order valence-electron chi connectivity index (χ2n) is 3.96. The second kappa shape index (κ2) is 6.06. The minimum absolute atomic E-state index is 0. The zero-order valence-electron chi connectivity index (χ0n) is 10.6. The summed E-state index contributed by atoms with van der Waals surface area (Å²) in [5, 5.41) is 9.91. The smallest absolute Gasteiger partial charge is 0.744 e. The van der Waals surface area contributed by atoms with E-state index in [2.05, 4.69) is 0 Å². The molecular formula is C10H5MgNO8S2. The van der Waals surface area contributed by atoms with Gasteiger partial charge < -0.3 is 9.11 Å².